The summed E-state index contributed by atoms with van der Waals surface area (Å²) in [5.41, 5.74) is 0.581. The predicted molar refractivity (Wildman–Crippen MR) is 54.8 cm³/mol. The van der Waals surface area contributed by atoms with Crippen LogP contribution in [0.5, 0.6) is 0 Å². The van der Waals surface area contributed by atoms with Crippen molar-refractivity contribution in [1.29, 1.82) is 0 Å². The maximum atomic E-state index is 13.2. The molecule has 0 bridgehead atoms. The van der Waals surface area contributed by atoms with Gasteiger partial charge in [-0.15, -0.1) is 0 Å². The molecule has 78 valence electrons. The summed E-state index contributed by atoms with van der Waals surface area (Å²) in [6.45, 7) is 0.579. The van der Waals surface area contributed by atoms with Gasteiger partial charge in [-0.05, 0) is 37.2 Å². The normalized spacial score (nSPS) is 10.9. The van der Waals surface area contributed by atoms with Crippen LogP contribution in [0.1, 0.15) is 5.56 Å². The van der Waals surface area contributed by atoms with Crippen molar-refractivity contribution in [2.24, 2.45) is 0 Å². The maximum Gasteiger partial charge on any atom is 0.126 e. The lowest BCUT2D eigenvalue weighted by molar-refractivity contribution is 0.134. The third-order valence-electron chi connectivity index (χ3n) is 2.01. The number of likely N-dealkylation sites (N-methyl/N-ethyl adjacent to an activating group) is 1. The summed E-state index contributed by atoms with van der Waals surface area (Å²) in [7, 11) is 1.77. The van der Waals surface area contributed by atoms with E-state index < -0.39 is 0 Å². The van der Waals surface area contributed by atoms with Crippen LogP contribution in [-0.4, -0.2) is 30.3 Å². The molecule has 0 aliphatic carbocycles. The molecule has 14 heavy (non-hydrogen) atoms. The maximum absolute atomic E-state index is 13.2. The van der Waals surface area contributed by atoms with Gasteiger partial charge in [0.1, 0.15) is 5.82 Å². The fraction of sp³-hybridized carbons (Fsp3) is 0.400. The molecule has 0 fully saturated rings. The third kappa shape index (κ3) is 3.25. The molecule has 0 amide bonds. The molecule has 0 heterocycles. The molecule has 1 rings (SSSR count). The first kappa shape index (κ1) is 11.4. The molecule has 0 saturated carbocycles. The Morgan fingerprint density at radius 3 is 2.86 bits per heavy atom. The highest BCUT2D eigenvalue weighted by molar-refractivity contribution is 6.30. The second-order valence-electron chi connectivity index (χ2n) is 3.21. The number of hydrogen-bond donors (Lipinski definition) is 1. The molecular weight excluding hydrogens is 205 g/mol. The Kier molecular flexibility index (Phi) is 4.32. The number of rotatable bonds is 4. The van der Waals surface area contributed by atoms with Gasteiger partial charge in [-0.2, -0.15) is 0 Å². The molecular formula is C10H13ClFNO. The monoisotopic (exact) mass is 217 g/mol. The van der Waals surface area contributed by atoms with Crippen LogP contribution < -0.4 is 0 Å². The van der Waals surface area contributed by atoms with E-state index in [1.165, 1.54) is 12.1 Å². The minimum absolute atomic E-state index is 0.0256. The lowest BCUT2D eigenvalue weighted by Gasteiger charge is -2.12. The summed E-state index contributed by atoms with van der Waals surface area (Å²) < 4.78 is 13.2. The average molecular weight is 218 g/mol. The first-order chi connectivity index (χ1) is 6.63. The molecule has 0 aliphatic heterocycles. The number of benzene rings is 1. The molecule has 4 heteroatoms. The Hall–Kier alpha value is -0.640. The van der Waals surface area contributed by atoms with Crippen molar-refractivity contribution in [1.82, 2.24) is 4.90 Å². The van der Waals surface area contributed by atoms with Crippen LogP contribution in [0.3, 0.4) is 0 Å². The standard InChI is InChI=1S/C10H13ClFNO/c1-13(7-14)5-4-8-6-9(11)2-3-10(8)12/h2-3,6,14H,4-5,7H2,1H3. The molecule has 1 aromatic rings. The van der Waals surface area contributed by atoms with E-state index in [9.17, 15) is 4.39 Å². The van der Waals surface area contributed by atoms with Gasteiger partial charge in [0.05, 0.1) is 6.73 Å². The highest BCUT2D eigenvalue weighted by Gasteiger charge is 2.04. The SMILES string of the molecule is CN(CO)CCc1cc(Cl)ccc1F. The number of aliphatic hydroxyl groups is 1. The number of aliphatic hydroxyl groups excluding tert-OH is 1. The zero-order valence-corrected chi connectivity index (χ0v) is 8.76. The van der Waals surface area contributed by atoms with E-state index in [0.717, 1.165) is 0 Å². The Balaban J connectivity index is 2.62. The van der Waals surface area contributed by atoms with Gasteiger partial charge in [0, 0.05) is 11.6 Å². The molecule has 2 nitrogen and oxygen atoms in total. The quantitative estimate of drug-likeness (QED) is 0.779. The van der Waals surface area contributed by atoms with Gasteiger partial charge in [-0.25, -0.2) is 4.39 Å². The van der Waals surface area contributed by atoms with E-state index in [4.69, 9.17) is 16.7 Å². The van der Waals surface area contributed by atoms with E-state index >= 15 is 0 Å². The van der Waals surface area contributed by atoms with Crippen molar-refractivity contribution < 1.29 is 9.50 Å². The van der Waals surface area contributed by atoms with Crippen LogP contribution >= 0.6 is 11.6 Å². The van der Waals surface area contributed by atoms with Gasteiger partial charge in [0.25, 0.3) is 0 Å². The summed E-state index contributed by atoms with van der Waals surface area (Å²) in [5.74, 6) is -0.249. The Bertz CT molecular complexity index is 306. The summed E-state index contributed by atoms with van der Waals surface area (Å²) in [4.78, 5) is 1.69. The van der Waals surface area contributed by atoms with Crippen LogP contribution in [0.15, 0.2) is 18.2 Å². The topological polar surface area (TPSA) is 23.5 Å². The van der Waals surface area contributed by atoms with Crippen LogP contribution in [0.2, 0.25) is 5.02 Å². The van der Waals surface area contributed by atoms with Crippen molar-refractivity contribution >= 4 is 11.6 Å². The largest absolute Gasteiger partial charge is 0.381 e. The lowest BCUT2D eigenvalue weighted by Crippen LogP contribution is -2.22. The van der Waals surface area contributed by atoms with E-state index in [-0.39, 0.29) is 12.5 Å². The van der Waals surface area contributed by atoms with Crippen molar-refractivity contribution in [2.45, 2.75) is 6.42 Å². The second kappa shape index (κ2) is 5.29. The Morgan fingerprint density at radius 2 is 2.21 bits per heavy atom. The van der Waals surface area contributed by atoms with E-state index in [1.54, 1.807) is 18.0 Å². The molecule has 1 N–H and O–H groups in total. The van der Waals surface area contributed by atoms with E-state index in [0.29, 0.717) is 23.6 Å². The van der Waals surface area contributed by atoms with Crippen LogP contribution in [-0.2, 0) is 6.42 Å². The smallest absolute Gasteiger partial charge is 0.126 e. The fourth-order valence-electron chi connectivity index (χ4n) is 1.12. The Labute approximate surface area is 87.9 Å². The predicted octanol–water partition coefficient (Wildman–Crippen LogP) is 1.90. The number of hydrogen-bond acceptors (Lipinski definition) is 2. The summed E-state index contributed by atoms with van der Waals surface area (Å²) in [6, 6.07) is 4.49. The highest BCUT2D eigenvalue weighted by atomic mass is 35.5. The van der Waals surface area contributed by atoms with Gasteiger partial charge in [-0.3, -0.25) is 4.90 Å². The summed E-state index contributed by atoms with van der Waals surface area (Å²) >= 11 is 5.74. The van der Waals surface area contributed by atoms with Crippen molar-refractivity contribution in [3.8, 4) is 0 Å². The molecule has 0 radical (unpaired) electrons. The zero-order chi connectivity index (χ0) is 10.6. The fourth-order valence-corrected chi connectivity index (χ4v) is 1.31. The van der Waals surface area contributed by atoms with E-state index in [1.807, 2.05) is 0 Å². The summed E-state index contributed by atoms with van der Waals surface area (Å²) in [6.07, 6.45) is 0.545. The molecule has 0 spiro atoms. The lowest BCUT2D eigenvalue weighted by atomic mass is 10.1. The third-order valence-corrected chi connectivity index (χ3v) is 2.25. The first-order valence-electron chi connectivity index (χ1n) is 4.37. The van der Waals surface area contributed by atoms with Gasteiger partial charge in [-0.1, -0.05) is 11.6 Å². The Morgan fingerprint density at radius 1 is 1.50 bits per heavy atom. The molecule has 0 atom stereocenters. The van der Waals surface area contributed by atoms with Gasteiger partial charge >= 0.3 is 0 Å². The number of halogens is 2. The molecule has 0 aromatic heterocycles. The van der Waals surface area contributed by atoms with Crippen LogP contribution in [0.25, 0.3) is 0 Å². The van der Waals surface area contributed by atoms with Crippen molar-refractivity contribution in [3.63, 3.8) is 0 Å². The zero-order valence-electron chi connectivity index (χ0n) is 8.00. The second-order valence-corrected chi connectivity index (χ2v) is 3.64. The highest BCUT2D eigenvalue weighted by Crippen LogP contribution is 2.15. The van der Waals surface area contributed by atoms with Gasteiger partial charge in [0.2, 0.25) is 0 Å². The first-order valence-corrected chi connectivity index (χ1v) is 4.74. The molecule has 0 unspecified atom stereocenters. The minimum Gasteiger partial charge on any atom is -0.381 e. The van der Waals surface area contributed by atoms with Crippen molar-refractivity contribution in [3.05, 3.63) is 34.6 Å². The molecule has 0 saturated heterocycles. The minimum atomic E-state index is -0.249. The average Bonchev–Trinajstić information content (AvgIpc) is 2.19. The van der Waals surface area contributed by atoms with Gasteiger partial charge < -0.3 is 5.11 Å². The van der Waals surface area contributed by atoms with Crippen molar-refractivity contribution in [2.75, 3.05) is 20.3 Å². The van der Waals surface area contributed by atoms with E-state index in [2.05, 4.69) is 0 Å². The van der Waals surface area contributed by atoms with Crippen LogP contribution in [0, 0.1) is 5.82 Å². The number of nitrogens with zero attached hydrogens (tertiary/aromatic N) is 1. The molecule has 0 aliphatic rings. The molecule has 1 aromatic carbocycles. The van der Waals surface area contributed by atoms with Gasteiger partial charge in [0.15, 0.2) is 0 Å². The summed E-state index contributed by atoms with van der Waals surface area (Å²) in [5, 5.41) is 9.28. The van der Waals surface area contributed by atoms with Crippen LogP contribution in [0.4, 0.5) is 4.39 Å².